The van der Waals surface area contributed by atoms with E-state index in [1.54, 1.807) is 0 Å². The van der Waals surface area contributed by atoms with E-state index in [0.717, 1.165) is 24.6 Å². The summed E-state index contributed by atoms with van der Waals surface area (Å²) in [7, 11) is 6.09. The number of rotatable bonds is 7. The third kappa shape index (κ3) is 4.98. The van der Waals surface area contributed by atoms with Gasteiger partial charge in [-0.2, -0.15) is 0 Å². The highest BCUT2D eigenvalue weighted by Gasteiger charge is 1.95. The highest BCUT2D eigenvalue weighted by molar-refractivity contribution is 5.51. The van der Waals surface area contributed by atoms with Gasteiger partial charge < -0.3 is 15.5 Å². The van der Waals surface area contributed by atoms with Crippen molar-refractivity contribution in [2.45, 2.75) is 12.8 Å². The van der Waals surface area contributed by atoms with E-state index in [1.807, 2.05) is 25.4 Å². The second-order valence-corrected chi connectivity index (χ2v) is 4.12. The van der Waals surface area contributed by atoms with E-state index in [2.05, 4.69) is 34.6 Å². The molecule has 90 valence electrons. The lowest BCUT2D eigenvalue weighted by Gasteiger charge is -2.10. The van der Waals surface area contributed by atoms with E-state index in [1.165, 1.54) is 12.8 Å². The highest BCUT2D eigenvalue weighted by atomic mass is 15.0. The smallest absolute Gasteiger partial charge is 0.127 e. The van der Waals surface area contributed by atoms with Gasteiger partial charge >= 0.3 is 0 Å². The number of unbranched alkanes of at least 4 members (excludes halogenated alkanes) is 1. The summed E-state index contributed by atoms with van der Waals surface area (Å²) in [4.78, 5) is 6.38. The van der Waals surface area contributed by atoms with Gasteiger partial charge in [-0.25, -0.2) is 4.98 Å². The van der Waals surface area contributed by atoms with E-state index in [-0.39, 0.29) is 0 Å². The Bertz CT molecular complexity index is 299. The summed E-state index contributed by atoms with van der Waals surface area (Å²) in [6.45, 7) is 2.17. The van der Waals surface area contributed by atoms with Crippen molar-refractivity contribution in [3.63, 3.8) is 0 Å². The average Bonchev–Trinajstić information content (AvgIpc) is 2.28. The zero-order valence-corrected chi connectivity index (χ0v) is 10.5. The molecule has 0 fully saturated rings. The molecule has 4 nitrogen and oxygen atoms in total. The fourth-order valence-electron chi connectivity index (χ4n) is 1.46. The Morgan fingerprint density at radius 3 is 2.81 bits per heavy atom. The molecule has 2 N–H and O–H groups in total. The van der Waals surface area contributed by atoms with Crippen LogP contribution in [0.3, 0.4) is 0 Å². The summed E-state index contributed by atoms with van der Waals surface area (Å²) in [5.41, 5.74) is 1.13. The van der Waals surface area contributed by atoms with Crippen LogP contribution in [0.25, 0.3) is 0 Å². The molecule has 0 unspecified atom stereocenters. The summed E-state index contributed by atoms with van der Waals surface area (Å²) in [6, 6.07) is 4.01. The monoisotopic (exact) mass is 222 g/mol. The van der Waals surface area contributed by atoms with Gasteiger partial charge in [-0.05, 0) is 39.5 Å². The number of hydrogen-bond acceptors (Lipinski definition) is 4. The molecule has 0 aliphatic carbocycles. The van der Waals surface area contributed by atoms with Crippen LogP contribution in [0.4, 0.5) is 11.5 Å². The standard InChI is InChI=1S/C12H22N4/c1-13-12-10-11(6-8-15-12)14-7-4-5-9-16(2)3/h6,8,10H,4-5,7,9H2,1-3H3,(H2,13,14,15). The maximum atomic E-state index is 4.17. The molecule has 0 bridgehead atoms. The third-order valence-electron chi connectivity index (χ3n) is 2.38. The van der Waals surface area contributed by atoms with Gasteiger partial charge in [0.2, 0.25) is 0 Å². The van der Waals surface area contributed by atoms with Gasteiger partial charge in [-0.3, -0.25) is 0 Å². The molecule has 0 aliphatic heterocycles. The van der Waals surface area contributed by atoms with Crippen LogP contribution in [0.5, 0.6) is 0 Å². The summed E-state index contributed by atoms with van der Waals surface area (Å²) in [6.07, 6.45) is 4.23. The van der Waals surface area contributed by atoms with Crippen molar-refractivity contribution in [1.82, 2.24) is 9.88 Å². The second kappa shape index (κ2) is 7.06. The Morgan fingerprint density at radius 2 is 2.12 bits per heavy atom. The maximum absolute atomic E-state index is 4.17. The molecule has 1 rings (SSSR count). The number of hydrogen-bond donors (Lipinski definition) is 2. The summed E-state index contributed by atoms with van der Waals surface area (Å²) < 4.78 is 0. The molecule has 0 saturated carbocycles. The van der Waals surface area contributed by atoms with Crippen LogP contribution in [0.15, 0.2) is 18.3 Å². The molecule has 0 saturated heterocycles. The molecule has 0 radical (unpaired) electrons. The molecule has 4 heteroatoms. The van der Waals surface area contributed by atoms with E-state index in [9.17, 15) is 0 Å². The van der Waals surface area contributed by atoms with Gasteiger partial charge in [-0.1, -0.05) is 0 Å². The van der Waals surface area contributed by atoms with Crippen LogP contribution in [0.2, 0.25) is 0 Å². The predicted molar refractivity (Wildman–Crippen MR) is 70.1 cm³/mol. The molecule has 0 aliphatic rings. The highest BCUT2D eigenvalue weighted by Crippen LogP contribution is 2.11. The Labute approximate surface area is 98.1 Å². The van der Waals surface area contributed by atoms with Crippen molar-refractivity contribution in [2.75, 3.05) is 44.9 Å². The molecular formula is C12H22N4. The molecule has 1 heterocycles. The maximum Gasteiger partial charge on any atom is 0.127 e. The Balaban J connectivity index is 2.21. The predicted octanol–water partition coefficient (Wildman–Crippen LogP) is 1.88. The summed E-state index contributed by atoms with van der Waals surface area (Å²) in [5.74, 6) is 0.901. The van der Waals surface area contributed by atoms with E-state index < -0.39 is 0 Å². The fraction of sp³-hybridized carbons (Fsp3) is 0.583. The number of pyridine rings is 1. The fourth-order valence-corrected chi connectivity index (χ4v) is 1.46. The van der Waals surface area contributed by atoms with Gasteiger partial charge in [0.05, 0.1) is 0 Å². The van der Waals surface area contributed by atoms with Gasteiger partial charge in [0.1, 0.15) is 5.82 Å². The lowest BCUT2D eigenvalue weighted by Crippen LogP contribution is -2.14. The van der Waals surface area contributed by atoms with Crippen molar-refractivity contribution in [2.24, 2.45) is 0 Å². The van der Waals surface area contributed by atoms with Crippen molar-refractivity contribution in [3.05, 3.63) is 18.3 Å². The van der Waals surface area contributed by atoms with Gasteiger partial charge in [-0.15, -0.1) is 0 Å². The van der Waals surface area contributed by atoms with E-state index in [0.29, 0.717) is 0 Å². The first-order valence-corrected chi connectivity index (χ1v) is 5.75. The lowest BCUT2D eigenvalue weighted by molar-refractivity contribution is 0.396. The number of nitrogens with one attached hydrogen (secondary N) is 2. The zero-order chi connectivity index (χ0) is 11.8. The van der Waals surface area contributed by atoms with Gasteiger partial charge in [0.15, 0.2) is 0 Å². The summed E-state index contributed by atoms with van der Waals surface area (Å²) in [5, 5.41) is 6.42. The Kier molecular flexibility index (Phi) is 5.64. The Morgan fingerprint density at radius 1 is 1.31 bits per heavy atom. The van der Waals surface area contributed by atoms with E-state index in [4.69, 9.17) is 0 Å². The first-order chi connectivity index (χ1) is 7.72. The molecular weight excluding hydrogens is 200 g/mol. The van der Waals surface area contributed by atoms with Crippen LogP contribution in [-0.4, -0.2) is 44.1 Å². The van der Waals surface area contributed by atoms with Crippen molar-refractivity contribution in [3.8, 4) is 0 Å². The molecule has 0 aromatic carbocycles. The number of aromatic nitrogens is 1. The number of nitrogens with zero attached hydrogens (tertiary/aromatic N) is 2. The van der Waals surface area contributed by atoms with Crippen molar-refractivity contribution >= 4 is 11.5 Å². The quantitative estimate of drug-likeness (QED) is 0.691. The minimum absolute atomic E-state index is 0.901. The Hall–Kier alpha value is -1.29. The van der Waals surface area contributed by atoms with E-state index >= 15 is 0 Å². The van der Waals surface area contributed by atoms with Crippen LogP contribution < -0.4 is 10.6 Å². The molecule has 0 spiro atoms. The van der Waals surface area contributed by atoms with Crippen LogP contribution in [-0.2, 0) is 0 Å². The van der Waals surface area contributed by atoms with Crippen LogP contribution >= 0.6 is 0 Å². The van der Waals surface area contributed by atoms with Crippen molar-refractivity contribution in [1.29, 1.82) is 0 Å². The van der Waals surface area contributed by atoms with Crippen LogP contribution in [0, 0.1) is 0 Å². The molecule has 1 aromatic heterocycles. The normalized spacial score (nSPS) is 10.5. The first kappa shape index (κ1) is 12.8. The van der Waals surface area contributed by atoms with Gasteiger partial charge in [0, 0.05) is 31.5 Å². The number of anilines is 2. The largest absolute Gasteiger partial charge is 0.385 e. The molecule has 16 heavy (non-hydrogen) atoms. The minimum Gasteiger partial charge on any atom is -0.385 e. The second-order valence-electron chi connectivity index (χ2n) is 4.12. The topological polar surface area (TPSA) is 40.2 Å². The molecule has 0 amide bonds. The zero-order valence-electron chi connectivity index (χ0n) is 10.5. The third-order valence-corrected chi connectivity index (χ3v) is 2.38. The van der Waals surface area contributed by atoms with Gasteiger partial charge in [0.25, 0.3) is 0 Å². The molecule has 0 atom stereocenters. The average molecular weight is 222 g/mol. The summed E-state index contributed by atoms with van der Waals surface area (Å²) >= 11 is 0. The minimum atomic E-state index is 0.901. The first-order valence-electron chi connectivity index (χ1n) is 5.75. The van der Waals surface area contributed by atoms with Crippen molar-refractivity contribution < 1.29 is 0 Å². The van der Waals surface area contributed by atoms with Crippen LogP contribution in [0.1, 0.15) is 12.8 Å². The SMILES string of the molecule is CNc1cc(NCCCCN(C)C)ccn1. The lowest BCUT2D eigenvalue weighted by atomic mass is 10.3. The molecule has 1 aromatic rings.